The van der Waals surface area contributed by atoms with Crippen LogP contribution in [0.25, 0.3) is 0 Å². The Balaban J connectivity index is 2.67. The molecular formula is C19H12Cl4O5S. The van der Waals surface area contributed by atoms with Crippen molar-refractivity contribution in [3.8, 4) is 11.5 Å². The maximum absolute atomic E-state index is 13.0. The summed E-state index contributed by atoms with van der Waals surface area (Å²) < 4.78 is 34.0. The van der Waals surface area contributed by atoms with Gasteiger partial charge in [0.25, 0.3) is 10.1 Å². The van der Waals surface area contributed by atoms with Crippen LogP contribution in [0.4, 0.5) is 0 Å². The molecule has 0 aromatic heterocycles. The molecule has 5 nitrogen and oxygen atoms in total. The minimum absolute atomic E-state index is 0.0918. The van der Waals surface area contributed by atoms with Crippen molar-refractivity contribution in [1.29, 1.82) is 0 Å². The summed E-state index contributed by atoms with van der Waals surface area (Å²) in [5, 5.41) is 20.6. The summed E-state index contributed by atoms with van der Waals surface area (Å²) in [7, 11) is -5.16. The van der Waals surface area contributed by atoms with Crippen LogP contribution in [-0.4, -0.2) is 23.2 Å². The first-order chi connectivity index (χ1) is 13.5. The molecule has 0 atom stereocenters. The van der Waals surface area contributed by atoms with E-state index in [2.05, 4.69) is 0 Å². The summed E-state index contributed by atoms with van der Waals surface area (Å²) in [6.45, 7) is 0. The van der Waals surface area contributed by atoms with Gasteiger partial charge in [-0.3, -0.25) is 4.55 Å². The van der Waals surface area contributed by atoms with Crippen molar-refractivity contribution in [3.05, 3.63) is 91.4 Å². The van der Waals surface area contributed by atoms with Crippen molar-refractivity contribution in [2.45, 2.75) is 4.75 Å². The highest BCUT2D eigenvalue weighted by Crippen LogP contribution is 2.53. The van der Waals surface area contributed by atoms with Crippen molar-refractivity contribution in [2.75, 3.05) is 0 Å². The van der Waals surface area contributed by atoms with Gasteiger partial charge in [-0.25, -0.2) is 0 Å². The van der Waals surface area contributed by atoms with Gasteiger partial charge in [-0.2, -0.15) is 8.42 Å². The van der Waals surface area contributed by atoms with E-state index in [1.54, 1.807) is 0 Å². The fourth-order valence-corrected chi connectivity index (χ4v) is 5.51. The zero-order valence-corrected chi connectivity index (χ0v) is 18.1. The van der Waals surface area contributed by atoms with Crippen LogP contribution in [0.5, 0.6) is 11.5 Å². The van der Waals surface area contributed by atoms with Gasteiger partial charge in [-0.15, -0.1) is 0 Å². The van der Waals surface area contributed by atoms with Gasteiger partial charge in [-0.1, -0.05) is 58.5 Å². The Morgan fingerprint density at radius 1 is 0.724 bits per heavy atom. The molecular weight excluding hydrogens is 482 g/mol. The van der Waals surface area contributed by atoms with E-state index < -0.39 is 31.9 Å². The number of phenolic OH excluding ortho intramolecular Hbond substituents is 2. The lowest BCUT2D eigenvalue weighted by molar-refractivity contribution is 0.393. The van der Waals surface area contributed by atoms with Crippen molar-refractivity contribution >= 4 is 56.5 Å². The lowest BCUT2D eigenvalue weighted by atomic mass is 9.83. The van der Waals surface area contributed by atoms with E-state index in [0.29, 0.717) is 0 Å². The number of phenols is 2. The molecule has 3 aromatic rings. The van der Waals surface area contributed by atoms with Crippen LogP contribution < -0.4 is 0 Å². The van der Waals surface area contributed by atoms with Crippen LogP contribution in [0.1, 0.15) is 16.7 Å². The standard InChI is InChI=1S/C19H12Cl4O5S/c20-10-4-6-15(22)13(8-10)19(29(26,27)28,12-2-1-3-17(24)18(12)25)14-9-11(21)5-7-16(14)23/h1-9,24-25H,(H,26,27,28). The Kier molecular flexibility index (Phi) is 5.98. The molecule has 152 valence electrons. The van der Waals surface area contributed by atoms with Gasteiger partial charge >= 0.3 is 0 Å². The first-order valence-electron chi connectivity index (χ1n) is 7.89. The van der Waals surface area contributed by atoms with Gasteiger partial charge in [0.05, 0.1) is 0 Å². The normalized spacial score (nSPS) is 12.2. The number of rotatable bonds is 4. The van der Waals surface area contributed by atoms with Crippen LogP contribution in [-0.2, 0) is 14.9 Å². The van der Waals surface area contributed by atoms with Crippen LogP contribution in [0.2, 0.25) is 20.1 Å². The Hall–Kier alpha value is -1.67. The molecule has 0 amide bonds. The fourth-order valence-electron chi connectivity index (χ4n) is 3.20. The number of halogens is 4. The van der Waals surface area contributed by atoms with Crippen molar-refractivity contribution in [2.24, 2.45) is 0 Å². The van der Waals surface area contributed by atoms with Gasteiger partial charge in [0, 0.05) is 36.8 Å². The predicted octanol–water partition coefficient (Wildman–Crippen LogP) is 5.89. The quantitative estimate of drug-likeness (QED) is 0.239. The van der Waals surface area contributed by atoms with E-state index in [4.69, 9.17) is 46.4 Å². The fraction of sp³-hybridized carbons (Fsp3) is 0.0526. The Morgan fingerprint density at radius 3 is 1.66 bits per heavy atom. The van der Waals surface area contributed by atoms with E-state index in [0.717, 1.165) is 6.07 Å². The number of hydrogen-bond acceptors (Lipinski definition) is 4. The van der Waals surface area contributed by atoms with Gasteiger partial charge in [0.15, 0.2) is 16.2 Å². The van der Waals surface area contributed by atoms with Gasteiger partial charge in [-0.05, 0) is 42.5 Å². The number of aromatic hydroxyl groups is 2. The highest BCUT2D eigenvalue weighted by molar-refractivity contribution is 7.87. The summed E-state index contributed by atoms with van der Waals surface area (Å²) in [6, 6.07) is 11.6. The topological polar surface area (TPSA) is 94.8 Å². The van der Waals surface area contributed by atoms with Crippen molar-refractivity contribution in [3.63, 3.8) is 0 Å². The maximum Gasteiger partial charge on any atom is 0.283 e. The van der Waals surface area contributed by atoms with Crippen LogP contribution in [0.3, 0.4) is 0 Å². The van der Waals surface area contributed by atoms with E-state index in [1.165, 1.54) is 48.5 Å². The van der Waals surface area contributed by atoms with Crippen molar-refractivity contribution in [1.82, 2.24) is 0 Å². The summed E-state index contributed by atoms with van der Waals surface area (Å²) in [5.41, 5.74) is -0.785. The molecule has 0 bridgehead atoms. The molecule has 0 radical (unpaired) electrons. The lowest BCUT2D eigenvalue weighted by Crippen LogP contribution is -2.39. The first kappa shape index (κ1) is 22.0. The highest BCUT2D eigenvalue weighted by atomic mass is 35.5. The average molecular weight is 494 g/mol. The highest BCUT2D eigenvalue weighted by Gasteiger charge is 2.52. The molecule has 10 heteroatoms. The Morgan fingerprint density at radius 2 is 1.21 bits per heavy atom. The third-order valence-corrected chi connectivity index (χ3v) is 6.96. The second kappa shape index (κ2) is 7.87. The third-order valence-electron chi connectivity index (χ3n) is 4.40. The van der Waals surface area contributed by atoms with Crippen LogP contribution in [0.15, 0.2) is 54.6 Å². The molecule has 0 saturated heterocycles. The monoisotopic (exact) mass is 492 g/mol. The molecule has 0 heterocycles. The molecule has 0 aliphatic heterocycles. The summed E-state index contributed by atoms with van der Waals surface area (Å²) >= 11 is 24.8. The Labute approximate surface area is 186 Å². The van der Waals surface area contributed by atoms with Gasteiger partial charge < -0.3 is 10.2 Å². The minimum atomic E-state index is -5.16. The number of para-hydroxylation sites is 1. The molecule has 3 aromatic carbocycles. The average Bonchev–Trinajstić information content (AvgIpc) is 2.63. The largest absolute Gasteiger partial charge is 0.504 e. The van der Waals surface area contributed by atoms with Crippen LogP contribution >= 0.6 is 46.4 Å². The SMILES string of the molecule is O=S(=O)(O)C(c1cc(Cl)ccc1Cl)(c1cc(Cl)ccc1Cl)c1cccc(O)c1O. The molecule has 3 rings (SSSR count). The minimum Gasteiger partial charge on any atom is -0.504 e. The number of hydrogen-bond donors (Lipinski definition) is 3. The molecule has 0 spiro atoms. The van der Waals surface area contributed by atoms with E-state index in [9.17, 15) is 23.2 Å². The van der Waals surface area contributed by atoms with Crippen molar-refractivity contribution < 1.29 is 23.2 Å². The molecule has 0 aliphatic carbocycles. The van der Waals surface area contributed by atoms with Crippen LogP contribution in [0, 0.1) is 0 Å². The molecule has 0 aliphatic rings. The summed E-state index contributed by atoms with van der Waals surface area (Å²) in [6.07, 6.45) is 0. The lowest BCUT2D eigenvalue weighted by Gasteiger charge is -2.34. The first-order valence-corrected chi connectivity index (χ1v) is 10.8. The second-order valence-electron chi connectivity index (χ2n) is 6.08. The van der Waals surface area contributed by atoms with Gasteiger partial charge in [0.1, 0.15) is 0 Å². The van der Waals surface area contributed by atoms with E-state index in [-0.39, 0.29) is 31.2 Å². The number of benzene rings is 3. The van der Waals surface area contributed by atoms with E-state index >= 15 is 0 Å². The zero-order chi connectivity index (χ0) is 21.6. The second-order valence-corrected chi connectivity index (χ2v) is 9.33. The summed E-state index contributed by atoms with van der Waals surface area (Å²) in [4.78, 5) is 0. The molecule has 3 N–H and O–H groups in total. The van der Waals surface area contributed by atoms with Gasteiger partial charge in [0.2, 0.25) is 0 Å². The summed E-state index contributed by atoms with van der Waals surface area (Å²) in [5.74, 6) is -1.41. The molecule has 0 saturated carbocycles. The Bertz CT molecular complexity index is 1150. The third kappa shape index (κ3) is 3.65. The predicted molar refractivity (Wildman–Crippen MR) is 114 cm³/mol. The molecule has 0 unspecified atom stereocenters. The maximum atomic E-state index is 13.0. The zero-order valence-electron chi connectivity index (χ0n) is 14.3. The van der Waals surface area contributed by atoms with E-state index in [1.807, 2.05) is 0 Å². The smallest absolute Gasteiger partial charge is 0.283 e. The molecule has 29 heavy (non-hydrogen) atoms. The molecule has 0 fully saturated rings.